The van der Waals surface area contributed by atoms with Gasteiger partial charge >= 0.3 is 0 Å². The molecule has 0 aliphatic carbocycles. The second-order valence-electron chi connectivity index (χ2n) is 47.3. The van der Waals surface area contributed by atoms with Crippen LogP contribution in [0.15, 0.2) is 218 Å². The summed E-state index contributed by atoms with van der Waals surface area (Å²) in [5.41, 5.74) is 32.4. The van der Waals surface area contributed by atoms with E-state index in [1.807, 2.05) is 0 Å². The predicted octanol–water partition coefficient (Wildman–Crippen LogP) is 34.8. The lowest BCUT2D eigenvalue weighted by molar-refractivity contribution is 0.568. The van der Waals surface area contributed by atoms with Gasteiger partial charge in [0.05, 0.1) is 11.4 Å². The van der Waals surface area contributed by atoms with Crippen molar-refractivity contribution in [2.75, 3.05) is 9.80 Å². The summed E-state index contributed by atoms with van der Waals surface area (Å²) in [6.45, 7) is 85.6. The molecule has 118 heavy (non-hydrogen) atoms. The lowest BCUT2D eigenvalue weighted by Crippen LogP contribution is -2.20. The molecular weight excluding hydrogens is 1420 g/mol. The van der Waals surface area contributed by atoms with E-state index in [4.69, 9.17) is 0 Å². The molecule has 0 amide bonds. The Morgan fingerprint density at radius 1 is 0.153 bits per heavy atom. The molecule has 12 rings (SSSR count). The number of benzene rings is 12. The SMILES string of the molecule is CC(C)(C)c1cc(-c2cc(-c3cc(C(C)(C)C)cc(C(C)(C)C)c3)cc(N(c3cc(C(C)(C)C)cc(C(C)(C)C)c3)c3c4ccccc4c(N(c4cc(-c5cc(C(C)(C)C)cc(C(C)(C)C)c5)cc(-c5ccc(C(C)(C)C)cc5C(C)(C)C)c4)c4cc(C(C)(C)C)cc(C(C)(C)C)c4)c4cc(-c5ccccc5)ccc34)c2)cc(C(C)(C)C)c1. The van der Waals surface area contributed by atoms with Gasteiger partial charge in [0.1, 0.15) is 0 Å². The van der Waals surface area contributed by atoms with Crippen LogP contribution >= 0.6 is 0 Å². The Bertz CT molecular complexity index is 5520. The van der Waals surface area contributed by atoms with Crippen LogP contribution in [0, 0.1) is 0 Å². The molecule has 0 bridgehead atoms. The van der Waals surface area contributed by atoms with Crippen LogP contribution in [0.1, 0.15) is 316 Å². The van der Waals surface area contributed by atoms with Crippen LogP contribution < -0.4 is 9.80 Å². The summed E-state index contributed by atoms with van der Waals surface area (Å²) < 4.78 is 0. The van der Waals surface area contributed by atoms with Gasteiger partial charge in [0, 0.05) is 44.3 Å². The van der Waals surface area contributed by atoms with Crippen LogP contribution in [-0.2, 0) is 65.0 Å². The molecule has 0 spiro atoms. The number of anilines is 6. The first kappa shape index (κ1) is 88.1. The van der Waals surface area contributed by atoms with E-state index in [0.29, 0.717) is 0 Å². The smallest absolute Gasteiger partial charge is 0.0620 e. The maximum atomic E-state index is 2.73. The third-order valence-electron chi connectivity index (χ3n) is 24.7. The minimum atomic E-state index is -0.220. The zero-order valence-corrected chi connectivity index (χ0v) is 79.7. The van der Waals surface area contributed by atoms with E-state index in [1.165, 1.54) is 111 Å². The average Bonchev–Trinajstić information content (AvgIpc) is 0.711. The van der Waals surface area contributed by atoms with Crippen LogP contribution in [0.2, 0.25) is 0 Å². The average molecular weight is 1570 g/mol. The van der Waals surface area contributed by atoms with Gasteiger partial charge in [0.25, 0.3) is 0 Å². The van der Waals surface area contributed by atoms with Crippen molar-refractivity contribution < 1.29 is 0 Å². The monoisotopic (exact) mass is 1570 g/mol. The van der Waals surface area contributed by atoms with Crippen molar-refractivity contribution in [3.8, 4) is 55.6 Å². The zero-order chi connectivity index (χ0) is 87.1. The quantitative estimate of drug-likeness (QED) is 0.0941. The summed E-state index contributed by atoms with van der Waals surface area (Å²) in [7, 11) is 0. The van der Waals surface area contributed by atoms with E-state index in [0.717, 1.165) is 66.8 Å². The fourth-order valence-corrected chi connectivity index (χ4v) is 16.5. The van der Waals surface area contributed by atoms with Crippen LogP contribution in [0.3, 0.4) is 0 Å². The topological polar surface area (TPSA) is 6.48 Å². The highest BCUT2D eigenvalue weighted by molar-refractivity contribution is 6.24. The second-order valence-corrected chi connectivity index (χ2v) is 47.3. The molecule has 2 heteroatoms. The zero-order valence-electron chi connectivity index (χ0n) is 79.7. The van der Waals surface area contributed by atoms with Crippen molar-refractivity contribution in [2.45, 2.75) is 314 Å². The van der Waals surface area contributed by atoms with E-state index in [-0.39, 0.29) is 65.0 Å². The minimum absolute atomic E-state index is 0.0673. The summed E-state index contributed by atoms with van der Waals surface area (Å²) in [5, 5.41) is 4.56. The first-order chi connectivity index (χ1) is 54.0. The second kappa shape index (κ2) is 30.5. The van der Waals surface area contributed by atoms with Gasteiger partial charge in [-0.2, -0.15) is 0 Å². The largest absolute Gasteiger partial charge is 0.309 e. The van der Waals surface area contributed by atoms with E-state index >= 15 is 0 Å². The molecule has 12 aromatic carbocycles. The first-order valence-electron chi connectivity index (χ1n) is 43.9. The van der Waals surface area contributed by atoms with Gasteiger partial charge in [-0.25, -0.2) is 0 Å². The fraction of sp³-hybridized carbons (Fsp3) is 0.414. The van der Waals surface area contributed by atoms with Crippen LogP contribution in [0.25, 0.3) is 77.2 Å². The Morgan fingerprint density at radius 2 is 0.407 bits per heavy atom. The molecule has 2 nitrogen and oxygen atoms in total. The van der Waals surface area contributed by atoms with Crippen molar-refractivity contribution >= 4 is 55.7 Å². The third kappa shape index (κ3) is 18.8. The number of nitrogens with zero attached hydrogens (tertiary/aromatic N) is 2. The number of rotatable bonds is 11. The Kier molecular flexibility index (Phi) is 22.7. The Balaban J connectivity index is 1.36. The van der Waals surface area contributed by atoms with Crippen LogP contribution in [0.4, 0.5) is 34.1 Å². The van der Waals surface area contributed by atoms with Crippen molar-refractivity contribution in [3.63, 3.8) is 0 Å². The molecule has 0 atom stereocenters. The summed E-state index contributed by atoms with van der Waals surface area (Å²) in [6, 6.07) is 88.3. The van der Waals surface area contributed by atoms with Gasteiger partial charge in [-0.1, -0.05) is 401 Å². The van der Waals surface area contributed by atoms with Crippen molar-refractivity contribution in [3.05, 3.63) is 285 Å². The van der Waals surface area contributed by atoms with E-state index in [1.54, 1.807) is 0 Å². The highest BCUT2D eigenvalue weighted by Crippen LogP contribution is 2.56. The highest BCUT2D eigenvalue weighted by Gasteiger charge is 2.35. The number of hydrogen-bond acceptors (Lipinski definition) is 2. The molecule has 0 aliphatic heterocycles. The molecule has 0 saturated carbocycles. The van der Waals surface area contributed by atoms with Crippen LogP contribution in [0.5, 0.6) is 0 Å². The summed E-state index contributed by atoms with van der Waals surface area (Å²) in [5.74, 6) is 0. The van der Waals surface area contributed by atoms with Gasteiger partial charge < -0.3 is 9.80 Å². The predicted molar refractivity (Wildman–Crippen MR) is 522 cm³/mol. The maximum absolute atomic E-state index is 2.73. The Labute approximate surface area is 715 Å². The minimum Gasteiger partial charge on any atom is -0.309 e. The van der Waals surface area contributed by atoms with E-state index in [2.05, 4.69) is 477 Å². The van der Waals surface area contributed by atoms with Crippen molar-refractivity contribution in [1.82, 2.24) is 0 Å². The highest BCUT2D eigenvalue weighted by atomic mass is 15.2. The molecule has 0 heterocycles. The van der Waals surface area contributed by atoms with Gasteiger partial charge in [-0.15, -0.1) is 0 Å². The Morgan fingerprint density at radius 3 is 0.712 bits per heavy atom. The lowest BCUT2D eigenvalue weighted by atomic mass is 9.76. The normalized spacial score (nSPS) is 13.4. The molecule has 0 N–H and O–H groups in total. The molecule has 0 radical (unpaired) electrons. The standard InChI is InChI=1S/C116H144N2/c1-105(2,3)82-47-49-97(102(72-82)116(34,35)36)81-51-77(80-56-87(110(16,17)18)65-88(57-80)111(19,20)21)60-94(61-81)118(96-70-91(114(28,29)30)67-92(71-96)115(31,32)33)104-99-45-41-40-44-98(99)103(100-48-46-74(62-101(100)104)73-42-38-37-39-43-73)117(95-68-89(112(22,23)24)66-90(69-95)113(25,26)27)93-58-75(78-52-83(106(4,5)6)63-84(53-78)107(7,8)9)50-76(59-93)79-54-85(108(10,11)12)64-86(55-79)109(13,14)15/h37-72H,1-36H3. The maximum Gasteiger partial charge on any atom is 0.0620 e. The number of fused-ring (bicyclic) bond motifs is 2. The molecular formula is C116H144N2. The molecule has 0 aromatic heterocycles. The molecule has 12 aromatic rings. The molecule has 0 saturated heterocycles. The van der Waals surface area contributed by atoms with E-state index < -0.39 is 0 Å². The van der Waals surface area contributed by atoms with E-state index in [9.17, 15) is 0 Å². The molecule has 0 fully saturated rings. The molecule has 0 aliphatic rings. The lowest BCUT2D eigenvalue weighted by Gasteiger charge is -2.36. The van der Waals surface area contributed by atoms with Gasteiger partial charge in [-0.05, 0) is 254 Å². The summed E-state index contributed by atoms with van der Waals surface area (Å²) in [6.07, 6.45) is 0. The fourth-order valence-electron chi connectivity index (χ4n) is 16.5. The third-order valence-corrected chi connectivity index (χ3v) is 24.7. The first-order valence-corrected chi connectivity index (χ1v) is 43.9. The van der Waals surface area contributed by atoms with Crippen molar-refractivity contribution in [1.29, 1.82) is 0 Å². The summed E-state index contributed by atoms with van der Waals surface area (Å²) in [4.78, 5) is 5.44. The van der Waals surface area contributed by atoms with Crippen LogP contribution in [-0.4, -0.2) is 0 Å². The van der Waals surface area contributed by atoms with Gasteiger partial charge in [-0.3, -0.25) is 0 Å². The Hall–Kier alpha value is -9.24. The van der Waals surface area contributed by atoms with Crippen molar-refractivity contribution in [2.24, 2.45) is 0 Å². The van der Waals surface area contributed by atoms with Gasteiger partial charge in [0.2, 0.25) is 0 Å². The molecule has 618 valence electrons. The molecule has 0 unspecified atom stereocenters. The summed E-state index contributed by atoms with van der Waals surface area (Å²) >= 11 is 0. The number of hydrogen-bond donors (Lipinski definition) is 0. The van der Waals surface area contributed by atoms with Gasteiger partial charge in [0.15, 0.2) is 0 Å².